The van der Waals surface area contributed by atoms with Crippen LogP contribution in [0.25, 0.3) is 0 Å². The van der Waals surface area contributed by atoms with Gasteiger partial charge in [-0.25, -0.2) is 9.78 Å². The lowest BCUT2D eigenvalue weighted by Gasteiger charge is -2.05. The number of carbonyl (C=O) groups excluding carboxylic acids is 2. The zero-order valence-corrected chi connectivity index (χ0v) is 14.1. The molecule has 0 atom stereocenters. The van der Waals surface area contributed by atoms with Crippen LogP contribution >= 0.6 is 11.3 Å². The smallest absolute Gasteiger partial charge is 0.350 e. The average Bonchev–Trinajstić information content (AvgIpc) is 2.94. The zero-order chi connectivity index (χ0) is 16.8. The highest BCUT2D eigenvalue weighted by Crippen LogP contribution is 2.23. The van der Waals surface area contributed by atoms with Crippen molar-refractivity contribution in [3.8, 4) is 0 Å². The molecule has 6 nitrogen and oxygen atoms in total. The van der Waals surface area contributed by atoms with Crippen molar-refractivity contribution in [3.05, 3.63) is 46.0 Å². The predicted molar refractivity (Wildman–Crippen MR) is 90.0 cm³/mol. The molecule has 0 saturated heterocycles. The largest absolute Gasteiger partial charge is 0.465 e. The van der Waals surface area contributed by atoms with E-state index in [-0.39, 0.29) is 11.9 Å². The van der Waals surface area contributed by atoms with E-state index in [1.165, 1.54) is 18.4 Å². The standard InChI is InChI=1S/C16H19N3O3S/c1-4-17-14(20)12-7-5-11(6-8-12)9-18-16-19-10(2)13(23-16)15(21)22-3/h5-8H,4,9H2,1-3H3,(H,17,20)(H,18,19). The van der Waals surface area contributed by atoms with Gasteiger partial charge < -0.3 is 15.4 Å². The molecule has 0 fully saturated rings. The van der Waals surface area contributed by atoms with E-state index in [1.807, 2.05) is 19.1 Å². The van der Waals surface area contributed by atoms with Gasteiger partial charge in [-0.1, -0.05) is 23.5 Å². The van der Waals surface area contributed by atoms with Crippen LogP contribution in [0, 0.1) is 6.92 Å². The lowest BCUT2D eigenvalue weighted by molar-refractivity contribution is 0.0605. The number of nitrogens with zero attached hydrogens (tertiary/aromatic N) is 1. The Morgan fingerprint density at radius 1 is 1.26 bits per heavy atom. The van der Waals surface area contributed by atoms with Crippen LogP contribution in [0.3, 0.4) is 0 Å². The molecule has 2 aromatic rings. The van der Waals surface area contributed by atoms with Crippen LogP contribution in [0.5, 0.6) is 0 Å². The summed E-state index contributed by atoms with van der Waals surface area (Å²) in [5.74, 6) is -0.454. The van der Waals surface area contributed by atoms with Crippen LogP contribution in [-0.2, 0) is 11.3 Å². The highest BCUT2D eigenvalue weighted by molar-refractivity contribution is 7.17. The molecule has 7 heteroatoms. The number of hydrogen-bond acceptors (Lipinski definition) is 6. The summed E-state index contributed by atoms with van der Waals surface area (Å²) in [4.78, 5) is 28.1. The zero-order valence-electron chi connectivity index (χ0n) is 13.3. The highest BCUT2D eigenvalue weighted by Gasteiger charge is 2.15. The second-order valence-electron chi connectivity index (χ2n) is 4.84. The molecule has 0 bridgehead atoms. The van der Waals surface area contributed by atoms with E-state index in [9.17, 15) is 9.59 Å². The molecule has 2 N–H and O–H groups in total. The van der Waals surface area contributed by atoms with Crippen LogP contribution in [0.4, 0.5) is 5.13 Å². The van der Waals surface area contributed by atoms with E-state index in [4.69, 9.17) is 4.74 Å². The molecule has 0 aliphatic carbocycles. The minimum Gasteiger partial charge on any atom is -0.465 e. The molecule has 1 amide bonds. The first-order chi connectivity index (χ1) is 11.0. The van der Waals surface area contributed by atoms with Gasteiger partial charge in [0, 0.05) is 18.7 Å². The molecule has 1 aromatic carbocycles. The van der Waals surface area contributed by atoms with Gasteiger partial charge in [-0.3, -0.25) is 4.79 Å². The quantitative estimate of drug-likeness (QED) is 0.794. The molecule has 23 heavy (non-hydrogen) atoms. The van der Waals surface area contributed by atoms with Crippen LogP contribution < -0.4 is 10.6 Å². The second kappa shape index (κ2) is 7.73. The van der Waals surface area contributed by atoms with E-state index in [0.717, 1.165) is 5.56 Å². The molecule has 0 aliphatic heterocycles. The van der Waals surface area contributed by atoms with Crippen molar-refractivity contribution in [1.82, 2.24) is 10.3 Å². The fourth-order valence-corrected chi connectivity index (χ4v) is 2.85. The number of hydrogen-bond donors (Lipinski definition) is 2. The fraction of sp³-hybridized carbons (Fsp3) is 0.312. The molecule has 0 radical (unpaired) electrons. The number of nitrogens with one attached hydrogen (secondary N) is 2. The number of carbonyl (C=O) groups is 2. The Hall–Kier alpha value is -2.41. The molecule has 2 rings (SSSR count). The van der Waals surface area contributed by atoms with Crippen LogP contribution in [-0.4, -0.2) is 30.5 Å². The molecule has 0 spiro atoms. The number of aryl methyl sites for hydroxylation is 1. The highest BCUT2D eigenvalue weighted by atomic mass is 32.1. The van der Waals surface area contributed by atoms with Crippen molar-refractivity contribution < 1.29 is 14.3 Å². The first-order valence-electron chi connectivity index (χ1n) is 7.22. The lowest BCUT2D eigenvalue weighted by atomic mass is 10.1. The van der Waals surface area contributed by atoms with Gasteiger partial charge in [0.1, 0.15) is 4.88 Å². The summed E-state index contributed by atoms with van der Waals surface area (Å²) >= 11 is 1.27. The normalized spacial score (nSPS) is 10.2. The first kappa shape index (κ1) is 17.0. The number of rotatable bonds is 6. The monoisotopic (exact) mass is 333 g/mol. The number of benzene rings is 1. The maximum Gasteiger partial charge on any atom is 0.350 e. The lowest BCUT2D eigenvalue weighted by Crippen LogP contribution is -2.22. The van der Waals surface area contributed by atoms with Crippen molar-refractivity contribution in [3.63, 3.8) is 0 Å². The van der Waals surface area contributed by atoms with Gasteiger partial charge in [0.15, 0.2) is 5.13 Å². The van der Waals surface area contributed by atoms with E-state index in [0.29, 0.717) is 34.4 Å². The van der Waals surface area contributed by atoms with E-state index in [2.05, 4.69) is 15.6 Å². The molecule has 0 saturated carbocycles. The summed E-state index contributed by atoms with van der Waals surface area (Å²) < 4.78 is 4.71. The minimum atomic E-state index is -0.376. The number of anilines is 1. The Morgan fingerprint density at radius 3 is 2.57 bits per heavy atom. The summed E-state index contributed by atoms with van der Waals surface area (Å²) in [6.07, 6.45) is 0. The summed E-state index contributed by atoms with van der Waals surface area (Å²) in [5, 5.41) is 6.59. The van der Waals surface area contributed by atoms with Crippen molar-refractivity contribution >= 4 is 28.3 Å². The number of ether oxygens (including phenoxy) is 1. The topological polar surface area (TPSA) is 80.3 Å². The number of esters is 1. The molecule has 1 heterocycles. The Bertz CT molecular complexity index is 695. The Kier molecular flexibility index (Phi) is 5.70. The van der Waals surface area contributed by atoms with Crippen molar-refractivity contribution in [2.75, 3.05) is 19.0 Å². The average molecular weight is 333 g/mol. The molecule has 0 aliphatic rings. The van der Waals surface area contributed by atoms with E-state index < -0.39 is 0 Å². The maximum absolute atomic E-state index is 11.7. The SMILES string of the molecule is CCNC(=O)c1ccc(CNc2nc(C)c(C(=O)OC)s2)cc1. The van der Waals surface area contributed by atoms with Gasteiger partial charge in [0.05, 0.1) is 12.8 Å². The van der Waals surface area contributed by atoms with Gasteiger partial charge in [0.25, 0.3) is 5.91 Å². The minimum absolute atomic E-state index is 0.0784. The third-order valence-corrected chi connectivity index (χ3v) is 4.26. The van der Waals surface area contributed by atoms with Gasteiger partial charge >= 0.3 is 5.97 Å². The van der Waals surface area contributed by atoms with Crippen LogP contribution in [0.1, 0.15) is 38.2 Å². The third kappa shape index (κ3) is 4.29. The molecule has 122 valence electrons. The van der Waals surface area contributed by atoms with Gasteiger partial charge in [-0.05, 0) is 31.5 Å². The first-order valence-corrected chi connectivity index (χ1v) is 8.03. The second-order valence-corrected chi connectivity index (χ2v) is 5.83. The molecular formula is C16H19N3O3S. The number of thiazole rings is 1. The van der Waals surface area contributed by atoms with Crippen molar-refractivity contribution in [2.45, 2.75) is 20.4 Å². The summed E-state index contributed by atoms with van der Waals surface area (Å²) in [5.41, 5.74) is 2.30. The van der Waals surface area contributed by atoms with Gasteiger partial charge in [-0.2, -0.15) is 0 Å². The predicted octanol–water partition coefficient (Wildman–Crippen LogP) is 2.60. The van der Waals surface area contributed by atoms with Crippen LogP contribution in [0.2, 0.25) is 0 Å². The Labute approximate surface area is 138 Å². The van der Waals surface area contributed by atoms with E-state index in [1.54, 1.807) is 19.1 Å². The molecule has 1 aromatic heterocycles. The number of amides is 1. The molecular weight excluding hydrogens is 314 g/mol. The summed E-state index contributed by atoms with van der Waals surface area (Å²) in [6, 6.07) is 7.35. The van der Waals surface area contributed by atoms with Crippen molar-refractivity contribution in [2.24, 2.45) is 0 Å². The Balaban J connectivity index is 1.98. The summed E-state index contributed by atoms with van der Waals surface area (Å²) in [7, 11) is 1.35. The maximum atomic E-state index is 11.7. The van der Waals surface area contributed by atoms with Crippen molar-refractivity contribution in [1.29, 1.82) is 0 Å². The Morgan fingerprint density at radius 2 is 1.96 bits per heavy atom. The third-order valence-electron chi connectivity index (χ3n) is 3.16. The van der Waals surface area contributed by atoms with Gasteiger partial charge in [-0.15, -0.1) is 0 Å². The van der Waals surface area contributed by atoms with Gasteiger partial charge in [0.2, 0.25) is 0 Å². The number of methoxy groups -OCH3 is 1. The van der Waals surface area contributed by atoms with E-state index >= 15 is 0 Å². The molecule has 0 unspecified atom stereocenters. The number of aromatic nitrogens is 1. The fourth-order valence-electron chi connectivity index (χ4n) is 1.97. The van der Waals surface area contributed by atoms with Crippen LogP contribution in [0.15, 0.2) is 24.3 Å². The summed E-state index contributed by atoms with van der Waals surface area (Å²) in [6.45, 7) is 4.82.